The highest BCUT2D eigenvalue weighted by Gasteiger charge is 2.56. The zero-order chi connectivity index (χ0) is 23.6. The summed E-state index contributed by atoms with van der Waals surface area (Å²) in [5.41, 5.74) is -0.717. The molecule has 1 amide bonds. The highest BCUT2D eigenvalue weighted by atomic mass is 35.5. The van der Waals surface area contributed by atoms with Crippen LogP contribution >= 0.6 is 22.9 Å². The second kappa shape index (κ2) is 6.93. The lowest BCUT2D eigenvalue weighted by atomic mass is 9.77. The van der Waals surface area contributed by atoms with Crippen molar-refractivity contribution in [3.8, 4) is 0 Å². The van der Waals surface area contributed by atoms with E-state index in [1.807, 2.05) is 0 Å². The average Bonchev–Trinajstić information content (AvgIpc) is 3.31. The Morgan fingerprint density at radius 2 is 2.28 bits per heavy atom. The van der Waals surface area contributed by atoms with E-state index in [9.17, 15) is 23.1 Å². The fraction of sp³-hybridized carbons (Fsp3) is 0.588. The van der Waals surface area contributed by atoms with E-state index in [4.69, 9.17) is 20.5 Å². The van der Waals surface area contributed by atoms with Crippen LogP contribution in [0.4, 0.5) is 13.2 Å². The maximum Gasteiger partial charge on any atom is 0.471 e. The molecule has 1 fully saturated rings. The number of aliphatic hydroxyl groups is 1. The lowest BCUT2D eigenvalue weighted by molar-refractivity contribution is -0.204. The standard InChI is InChI=1S/C17H18ClF3N4O3S/c1-8-4-16(14-9(3-13(18)29-14)12(26)7-28-16)5-11(10-6-24(2)23-22-10)25(8)15(27)17(19,20)21/h3,6,8,11-12,26H,4-5,7H2,1-2H3/t8-,11-,12+,16-/m0/s1/i2D3. The van der Waals surface area contributed by atoms with Gasteiger partial charge in [-0.2, -0.15) is 13.2 Å². The lowest BCUT2D eigenvalue weighted by Crippen LogP contribution is -2.56. The molecule has 4 rings (SSSR count). The molecule has 2 aliphatic rings. The second-order valence-electron chi connectivity index (χ2n) is 7.23. The van der Waals surface area contributed by atoms with Crippen molar-refractivity contribution < 1.29 is 31.9 Å². The Balaban J connectivity index is 1.81. The number of thiophene rings is 1. The monoisotopic (exact) mass is 453 g/mol. The highest BCUT2D eigenvalue weighted by molar-refractivity contribution is 7.16. The predicted molar refractivity (Wildman–Crippen MR) is 97.3 cm³/mol. The van der Waals surface area contributed by atoms with Gasteiger partial charge in [0.1, 0.15) is 17.4 Å². The van der Waals surface area contributed by atoms with Crippen LogP contribution in [0.5, 0.6) is 0 Å². The molecule has 2 aliphatic heterocycles. The van der Waals surface area contributed by atoms with E-state index in [1.54, 1.807) is 6.07 Å². The number of ether oxygens (including phenoxy) is 1. The maximum atomic E-state index is 13.4. The van der Waals surface area contributed by atoms with Gasteiger partial charge in [-0.15, -0.1) is 16.4 Å². The van der Waals surface area contributed by atoms with Crippen molar-refractivity contribution in [2.75, 3.05) is 6.61 Å². The van der Waals surface area contributed by atoms with Gasteiger partial charge < -0.3 is 14.7 Å². The molecule has 1 N–H and O–H groups in total. The zero-order valence-corrected chi connectivity index (χ0v) is 16.6. The number of hydrogen-bond acceptors (Lipinski definition) is 6. The Bertz CT molecular complexity index is 1050. The van der Waals surface area contributed by atoms with Gasteiger partial charge in [0.2, 0.25) is 0 Å². The molecular weight excluding hydrogens is 433 g/mol. The van der Waals surface area contributed by atoms with E-state index in [1.165, 1.54) is 6.92 Å². The Kier molecular flexibility index (Phi) is 4.07. The highest BCUT2D eigenvalue weighted by Crippen LogP contribution is 2.54. The summed E-state index contributed by atoms with van der Waals surface area (Å²) >= 11 is 7.30. The van der Waals surface area contributed by atoms with Crippen molar-refractivity contribution in [1.29, 1.82) is 0 Å². The number of piperidine rings is 1. The third-order valence-electron chi connectivity index (χ3n) is 5.31. The zero-order valence-electron chi connectivity index (χ0n) is 18.0. The van der Waals surface area contributed by atoms with Crippen molar-refractivity contribution in [3.05, 3.63) is 32.7 Å². The van der Waals surface area contributed by atoms with E-state index in [0.717, 1.165) is 17.5 Å². The summed E-state index contributed by atoms with van der Waals surface area (Å²) in [6, 6.07) is -0.633. The first-order valence-electron chi connectivity index (χ1n) is 10.2. The molecule has 0 bridgehead atoms. The Hall–Kier alpha value is -1.69. The van der Waals surface area contributed by atoms with Crippen LogP contribution in [0.1, 0.15) is 52.2 Å². The molecule has 4 heterocycles. The maximum absolute atomic E-state index is 13.4. The number of nitrogens with zero attached hydrogens (tertiary/aromatic N) is 4. The van der Waals surface area contributed by atoms with E-state index in [2.05, 4.69) is 10.3 Å². The fourth-order valence-corrected chi connectivity index (χ4v) is 5.67. The predicted octanol–water partition coefficient (Wildman–Crippen LogP) is 3.10. The molecule has 2 aromatic heterocycles. The molecule has 1 spiro atoms. The summed E-state index contributed by atoms with van der Waals surface area (Å²) in [5.74, 6) is -2.06. The van der Waals surface area contributed by atoms with Crippen LogP contribution in [-0.4, -0.2) is 49.7 Å². The van der Waals surface area contributed by atoms with Gasteiger partial charge in [-0.05, 0) is 13.0 Å². The van der Waals surface area contributed by atoms with Gasteiger partial charge in [-0.25, -0.2) is 0 Å². The SMILES string of the molecule is [2H]C([2H])([2H])n1cc([C@@H]2C[C@]3(C[C@H](C)N2C(=O)C(F)(F)F)OC[C@@H](O)c2cc(Cl)sc23)nn1. The minimum absolute atomic E-state index is 0.0231. The van der Waals surface area contributed by atoms with Crippen LogP contribution in [0.2, 0.25) is 4.34 Å². The first kappa shape index (κ1) is 17.0. The van der Waals surface area contributed by atoms with Crippen LogP contribution in [-0.2, 0) is 22.1 Å². The summed E-state index contributed by atoms with van der Waals surface area (Å²) in [5, 5.41) is 17.6. The normalized spacial score (nSPS) is 31.9. The third kappa shape index (κ3) is 3.43. The van der Waals surface area contributed by atoms with E-state index >= 15 is 0 Å². The van der Waals surface area contributed by atoms with Crippen molar-refractivity contribution in [2.45, 2.75) is 49.7 Å². The molecule has 0 aromatic carbocycles. The first-order valence-corrected chi connectivity index (χ1v) is 9.86. The van der Waals surface area contributed by atoms with Gasteiger partial charge in [0.15, 0.2) is 0 Å². The Morgan fingerprint density at radius 1 is 1.52 bits per heavy atom. The first-order chi connectivity index (χ1) is 14.7. The minimum Gasteiger partial charge on any atom is -0.386 e. The third-order valence-corrected chi connectivity index (χ3v) is 6.77. The van der Waals surface area contributed by atoms with Gasteiger partial charge in [0.25, 0.3) is 0 Å². The van der Waals surface area contributed by atoms with Crippen molar-refractivity contribution in [3.63, 3.8) is 0 Å². The number of carbonyl (C=O) groups excluding carboxylic acids is 1. The number of aliphatic hydroxyl groups excluding tert-OH is 1. The van der Waals surface area contributed by atoms with Gasteiger partial charge in [0, 0.05) is 40.4 Å². The van der Waals surface area contributed by atoms with Crippen molar-refractivity contribution in [1.82, 2.24) is 19.9 Å². The fourth-order valence-electron chi connectivity index (χ4n) is 4.22. The molecule has 7 nitrogen and oxygen atoms in total. The molecule has 29 heavy (non-hydrogen) atoms. The van der Waals surface area contributed by atoms with Gasteiger partial charge in [-0.3, -0.25) is 9.48 Å². The number of aryl methyl sites for hydroxylation is 1. The topological polar surface area (TPSA) is 80.5 Å². The largest absolute Gasteiger partial charge is 0.471 e. The molecule has 1 saturated heterocycles. The van der Waals surface area contributed by atoms with Crippen LogP contribution in [0.15, 0.2) is 12.3 Å². The van der Waals surface area contributed by atoms with Gasteiger partial charge >= 0.3 is 12.1 Å². The number of halogens is 4. The number of rotatable bonds is 1. The van der Waals surface area contributed by atoms with Crippen LogP contribution in [0.25, 0.3) is 0 Å². The molecule has 12 heteroatoms. The number of likely N-dealkylation sites (tertiary alicyclic amines) is 1. The minimum atomic E-state index is -5.14. The average molecular weight is 454 g/mol. The second-order valence-corrected chi connectivity index (χ2v) is 8.91. The van der Waals surface area contributed by atoms with E-state index in [-0.39, 0.29) is 25.1 Å². The number of aromatic nitrogens is 3. The molecule has 4 atom stereocenters. The molecule has 0 unspecified atom stereocenters. The number of carbonyl (C=O) groups is 1. The van der Waals surface area contributed by atoms with Crippen molar-refractivity contribution >= 4 is 28.8 Å². The summed E-state index contributed by atoms with van der Waals surface area (Å²) in [6.45, 7) is -1.34. The molecule has 0 saturated carbocycles. The van der Waals surface area contributed by atoms with Crippen LogP contribution in [0, 0.1) is 0 Å². The van der Waals surface area contributed by atoms with Crippen LogP contribution in [0.3, 0.4) is 0 Å². The van der Waals surface area contributed by atoms with Gasteiger partial charge in [-0.1, -0.05) is 16.8 Å². The molecular formula is C17H18ClF3N4O3S. The Labute approximate surface area is 177 Å². The summed E-state index contributed by atoms with van der Waals surface area (Å²) in [7, 11) is 0. The summed E-state index contributed by atoms with van der Waals surface area (Å²) in [6.07, 6.45) is -5.19. The van der Waals surface area contributed by atoms with E-state index < -0.39 is 42.8 Å². The number of hydrogen-bond donors (Lipinski definition) is 1. The van der Waals surface area contributed by atoms with E-state index in [0.29, 0.717) is 24.4 Å². The molecule has 0 aliphatic carbocycles. The number of amides is 1. The lowest BCUT2D eigenvalue weighted by Gasteiger charge is -2.51. The summed E-state index contributed by atoms with van der Waals surface area (Å²) in [4.78, 5) is 13.6. The number of fused-ring (bicyclic) bond motifs is 2. The molecule has 158 valence electrons. The van der Waals surface area contributed by atoms with Crippen LogP contribution < -0.4 is 0 Å². The van der Waals surface area contributed by atoms with Crippen molar-refractivity contribution in [2.24, 2.45) is 6.98 Å². The van der Waals surface area contributed by atoms with Gasteiger partial charge in [0.05, 0.1) is 23.2 Å². The Morgan fingerprint density at radius 3 is 2.93 bits per heavy atom. The molecule has 0 radical (unpaired) electrons. The smallest absolute Gasteiger partial charge is 0.386 e. The number of alkyl halides is 3. The molecule has 2 aromatic rings. The summed E-state index contributed by atoms with van der Waals surface area (Å²) < 4.78 is 69.5. The quantitative estimate of drug-likeness (QED) is 0.717.